The van der Waals surface area contributed by atoms with Crippen LogP contribution in [0.4, 0.5) is 0 Å². The Labute approximate surface area is 127 Å². The topological polar surface area (TPSA) is 63.2 Å². The van der Waals surface area contributed by atoms with Crippen LogP contribution in [0.1, 0.15) is 26.7 Å². The van der Waals surface area contributed by atoms with Gasteiger partial charge in [0.05, 0.1) is 26.2 Å². The van der Waals surface area contributed by atoms with Crippen molar-refractivity contribution in [1.29, 1.82) is 0 Å². The molecule has 1 aliphatic rings. The molecule has 0 aliphatic heterocycles. The molecule has 0 bridgehead atoms. The fourth-order valence-corrected chi connectivity index (χ4v) is 1.81. The maximum atomic E-state index is 11.4. The van der Waals surface area contributed by atoms with E-state index >= 15 is 0 Å². The first-order valence-corrected chi connectivity index (χ1v) is 7.73. The molecule has 6 nitrogen and oxygen atoms in total. The lowest BCUT2D eigenvalue weighted by Gasteiger charge is -2.22. The minimum Gasteiger partial charge on any atom is -0.469 e. The molecule has 1 aliphatic carbocycles. The maximum Gasteiger partial charge on any atom is 0.310 e. The van der Waals surface area contributed by atoms with Gasteiger partial charge in [0.1, 0.15) is 0 Å². The second-order valence-corrected chi connectivity index (χ2v) is 5.56. The summed E-state index contributed by atoms with van der Waals surface area (Å²) in [5.74, 6) is 1.12. The third-order valence-electron chi connectivity index (χ3n) is 3.44. The molecule has 0 heterocycles. The lowest BCUT2D eigenvalue weighted by molar-refractivity contribution is -0.144. The van der Waals surface area contributed by atoms with Gasteiger partial charge in [-0.3, -0.25) is 9.79 Å². The summed E-state index contributed by atoms with van der Waals surface area (Å²) in [5, 5.41) is 3.22. The maximum absolute atomic E-state index is 11.4. The van der Waals surface area contributed by atoms with Crippen LogP contribution in [0.3, 0.4) is 0 Å². The van der Waals surface area contributed by atoms with Crippen molar-refractivity contribution in [2.24, 2.45) is 16.8 Å². The zero-order valence-corrected chi connectivity index (χ0v) is 13.7. The van der Waals surface area contributed by atoms with Crippen LogP contribution in [0.5, 0.6) is 0 Å². The van der Waals surface area contributed by atoms with Crippen molar-refractivity contribution in [3.8, 4) is 0 Å². The number of hydrogen-bond acceptors (Lipinski definition) is 4. The summed E-state index contributed by atoms with van der Waals surface area (Å²) in [6.45, 7) is 7.41. The molecule has 1 atom stereocenters. The number of carbonyl (C=O) groups is 1. The highest BCUT2D eigenvalue weighted by atomic mass is 16.5. The van der Waals surface area contributed by atoms with Gasteiger partial charge in [-0.15, -0.1) is 0 Å². The van der Waals surface area contributed by atoms with Gasteiger partial charge in [-0.2, -0.15) is 0 Å². The minimum absolute atomic E-state index is 0.231. The van der Waals surface area contributed by atoms with E-state index in [2.05, 4.69) is 10.3 Å². The van der Waals surface area contributed by atoms with Crippen LogP contribution < -0.4 is 5.32 Å². The molecule has 1 unspecified atom stereocenters. The molecule has 0 aromatic heterocycles. The number of guanidine groups is 1. The van der Waals surface area contributed by atoms with Gasteiger partial charge in [0, 0.05) is 26.7 Å². The number of carbonyl (C=O) groups excluding carboxylic acids is 1. The van der Waals surface area contributed by atoms with Crippen LogP contribution in [0, 0.1) is 11.8 Å². The van der Waals surface area contributed by atoms with Gasteiger partial charge in [0.15, 0.2) is 5.96 Å². The zero-order valence-electron chi connectivity index (χ0n) is 13.7. The van der Waals surface area contributed by atoms with Crippen molar-refractivity contribution in [2.45, 2.75) is 26.7 Å². The van der Waals surface area contributed by atoms with Gasteiger partial charge in [-0.05, 0) is 25.7 Å². The van der Waals surface area contributed by atoms with Gasteiger partial charge in [-0.25, -0.2) is 0 Å². The smallest absolute Gasteiger partial charge is 0.310 e. The van der Waals surface area contributed by atoms with Gasteiger partial charge in [0.2, 0.25) is 0 Å². The predicted octanol–water partition coefficient (Wildman–Crippen LogP) is 1.12. The van der Waals surface area contributed by atoms with Crippen molar-refractivity contribution in [3.63, 3.8) is 0 Å². The Morgan fingerprint density at radius 3 is 2.76 bits per heavy atom. The Hall–Kier alpha value is -1.30. The summed E-state index contributed by atoms with van der Waals surface area (Å²) in [7, 11) is 3.38. The average Bonchev–Trinajstić information content (AvgIpc) is 3.30. The van der Waals surface area contributed by atoms with Crippen molar-refractivity contribution in [1.82, 2.24) is 10.2 Å². The molecule has 0 amide bonds. The molecule has 0 saturated heterocycles. The predicted molar refractivity (Wildman–Crippen MR) is 83.3 cm³/mol. The van der Waals surface area contributed by atoms with Crippen LogP contribution in [0.2, 0.25) is 0 Å². The van der Waals surface area contributed by atoms with Crippen LogP contribution in [0.25, 0.3) is 0 Å². The molecule has 6 heteroatoms. The Bertz CT molecular complexity index is 343. The number of rotatable bonds is 9. The molecule has 1 saturated carbocycles. The zero-order chi connectivity index (χ0) is 15.7. The highest BCUT2D eigenvalue weighted by Gasteiger charge is 2.21. The molecule has 0 spiro atoms. The second-order valence-electron chi connectivity index (χ2n) is 5.56. The molecular weight excluding hydrogens is 270 g/mol. The number of hydrogen-bond donors (Lipinski definition) is 1. The van der Waals surface area contributed by atoms with E-state index < -0.39 is 0 Å². The molecule has 122 valence electrons. The van der Waals surface area contributed by atoms with E-state index in [0.717, 1.165) is 31.6 Å². The molecule has 0 aromatic rings. The Morgan fingerprint density at radius 2 is 2.19 bits per heavy atom. The lowest BCUT2D eigenvalue weighted by Crippen LogP contribution is -2.41. The monoisotopic (exact) mass is 299 g/mol. The summed E-state index contributed by atoms with van der Waals surface area (Å²) in [4.78, 5) is 17.9. The number of ether oxygens (including phenoxy) is 2. The third kappa shape index (κ3) is 7.32. The van der Waals surface area contributed by atoms with Crippen LogP contribution in [0.15, 0.2) is 4.99 Å². The molecule has 1 fully saturated rings. The van der Waals surface area contributed by atoms with E-state index in [0.29, 0.717) is 13.2 Å². The Kier molecular flexibility index (Phi) is 8.12. The fraction of sp³-hybridized carbons (Fsp3) is 0.867. The molecule has 21 heavy (non-hydrogen) atoms. The molecule has 1 rings (SSSR count). The summed E-state index contributed by atoms with van der Waals surface area (Å²) in [6, 6.07) is 0. The lowest BCUT2D eigenvalue weighted by atomic mass is 10.2. The molecule has 1 N–H and O–H groups in total. The Balaban J connectivity index is 2.35. The number of methoxy groups -OCH3 is 1. The summed E-state index contributed by atoms with van der Waals surface area (Å²) < 4.78 is 10.3. The normalized spacial score (nSPS) is 16.5. The van der Waals surface area contributed by atoms with E-state index in [4.69, 9.17) is 9.47 Å². The van der Waals surface area contributed by atoms with Gasteiger partial charge >= 0.3 is 5.97 Å². The SMILES string of the molecule is CCNC(=NCC(C)C(=O)OC)N(C)CCOCC1CC1. The van der Waals surface area contributed by atoms with Crippen LogP contribution in [-0.4, -0.2) is 63.8 Å². The van der Waals surface area contributed by atoms with Gasteiger partial charge in [0.25, 0.3) is 0 Å². The van der Waals surface area contributed by atoms with Crippen molar-refractivity contribution < 1.29 is 14.3 Å². The Morgan fingerprint density at radius 1 is 1.48 bits per heavy atom. The highest BCUT2D eigenvalue weighted by Crippen LogP contribution is 2.28. The first-order valence-electron chi connectivity index (χ1n) is 7.73. The molecule has 0 aromatic carbocycles. The molecular formula is C15H29N3O3. The number of nitrogens with zero attached hydrogens (tertiary/aromatic N) is 2. The largest absolute Gasteiger partial charge is 0.469 e. The van der Waals surface area contributed by atoms with E-state index in [1.807, 2.05) is 25.8 Å². The number of aliphatic imine (C=N–C) groups is 1. The van der Waals surface area contributed by atoms with Gasteiger partial charge < -0.3 is 19.7 Å². The van der Waals surface area contributed by atoms with E-state index in [1.54, 1.807) is 0 Å². The van der Waals surface area contributed by atoms with Crippen LogP contribution in [-0.2, 0) is 14.3 Å². The van der Waals surface area contributed by atoms with Crippen molar-refractivity contribution in [3.05, 3.63) is 0 Å². The number of likely N-dealkylation sites (N-methyl/N-ethyl adjacent to an activating group) is 1. The summed E-state index contributed by atoms with van der Waals surface area (Å²) in [6.07, 6.45) is 2.62. The van der Waals surface area contributed by atoms with Crippen molar-refractivity contribution in [2.75, 3.05) is 47.0 Å². The summed E-state index contributed by atoms with van der Waals surface area (Å²) in [5.41, 5.74) is 0. The second kappa shape index (κ2) is 9.60. The highest BCUT2D eigenvalue weighted by molar-refractivity contribution is 5.80. The average molecular weight is 299 g/mol. The van der Waals surface area contributed by atoms with E-state index in [-0.39, 0.29) is 11.9 Å². The summed E-state index contributed by atoms with van der Waals surface area (Å²) >= 11 is 0. The standard InChI is InChI=1S/C15H29N3O3/c1-5-16-15(17-10-12(2)14(19)20-4)18(3)8-9-21-11-13-6-7-13/h12-13H,5-11H2,1-4H3,(H,16,17). The number of esters is 1. The first-order chi connectivity index (χ1) is 10.1. The molecule has 0 radical (unpaired) electrons. The minimum atomic E-state index is -0.233. The number of nitrogens with one attached hydrogen (secondary N) is 1. The first kappa shape index (κ1) is 17.8. The van der Waals surface area contributed by atoms with E-state index in [1.165, 1.54) is 20.0 Å². The van der Waals surface area contributed by atoms with Gasteiger partial charge in [-0.1, -0.05) is 6.92 Å². The van der Waals surface area contributed by atoms with E-state index in [9.17, 15) is 4.79 Å². The quantitative estimate of drug-likeness (QED) is 0.299. The fourth-order valence-electron chi connectivity index (χ4n) is 1.81. The van der Waals surface area contributed by atoms with Crippen molar-refractivity contribution >= 4 is 11.9 Å². The van der Waals surface area contributed by atoms with Crippen LogP contribution >= 0.6 is 0 Å². The third-order valence-corrected chi connectivity index (χ3v) is 3.44.